The highest BCUT2D eigenvalue weighted by molar-refractivity contribution is 8.18. The van der Waals surface area contributed by atoms with Gasteiger partial charge in [-0.05, 0) is 26.0 Å². The molecule has 0 aliphatic heterocycles. The number of hydrogen-bond donors (Lipinski definition) is 1. The maximum Gasteiger partial charge on any atom is 0.284 e. The van der Waals surface area contributed by atoms with Crippen molar-refractivity contribution in [2.24, 2.45) is 0 Å². The SMILES string of the molecule is CCCC[SH]=P(OP)(OCC)OCC. The van der Waals surface area contributed by atoms with E-state index in [4.69, 9.17) is 13.4 Å². The summed E-state index contributed by atoms with van der Waals surface area (Å²) in [6.07, 6.45) is 2.39. The number of rotatable bonds is 8. The third kappa shape index (κ3) is 5.85. The summed E-state index contributed by atoms with van der Waals surface area (Å²) in [7, 11) is 3.43. The van der Waals surface area contributed by atoms with Crippen LogP contribution in [0.25, 0.3) is 0 Å². The quantitative estimate of drug-likeness (QED) is 0.413. The van der Waals surface area contributed by atoms with Crippen LogP contribution in [0.4, 0.5) is 0 Å². The lowest BCUT2D eigenvalue weighted by atomic mass is 10.4. The first kappa shape index (κ1) is 15.1. The van der Waals surface area contributed by atoms with Crippen molar-refractivity contribution < 1.29 is 13.4 Å². The van der Waals surface area contributed by atoms with Gasteiger partial charge in [-0.25, -0.2) is 0 Å². The Morgan fingerprint density at radius 2 is 1.71 bits per heavy atom. The zero-order valence-electron chi connectivity index (χ0n) is 9.23. The molecule has 0 heterocycles. The van der Waals surface area contributed by atoms with Crippen LogP contribution in [0.15, 0.2) is 0 Å². The van der Waals surface area contributed by atoms with Crippen LogP contribution in [0.1, 0.15) is 33.6 Å². The molecule has 0 aromatic rings. The second-order valence-corrected chi connectivity index (χ2v) is 7.97. The van der Waals surface area contributed by atoms with Crippen molar-refractivity contribution in [1.29, 1.82) is 0 Å². The molecule has 6 heteroatoms. The highest BCUT2D eigenvalue weighted by atomic mass is 32.5. The van der Waals surface area contributed by atoms with Gasteiger partial charge in [0.2, 0.25) is 0 Å². The fourth-order valence-electron chi connectivity index (χ4n) is 0.891. The molecular formula is C8H22O3P2S. The van der Waals surface area contributed by atoms with E-state index >= 15 is 0 Å². The summed E-state index contributed by atoms with van der Waals surface area (Å²) in [5.41, 5.74) is 0. The van der Waals surface area contributed by atoms with Gasteiger partial charge in [-0.1, -0.05) is 13.3 Å². The molecule has 88 valence electrons. The molecule has 0 radical (unpaired) electrons. The maximum atomic E-state index is 5.60. The second-order valence-electron chi connectivity index (χ2n) is 2.63. The van der Waals surface area contributed by atoms with Crippen LogP contribution in [0.5, 0.6) is 0 Å². The van der Waals surface area contributed by atoms with E-state index in [0.29, 0.717) is 13.2 Å². The Morgan fingerprint density at radius 3 is 2.07 bits per heavy atom. The Labute approximate surface area is 93.4 Å². The summed E-state index contributed by atoms with van der Waals surface area (Å²) in [5, 5.41) is 0. The molecule has 0 saturated heterocycles. The van der Waals surface area contributed by atoms with Crippen LogP contribution in [0, 0.1) is 0 Å². The third-order valence-corrected chi connectivity index (χ3v) is 7.78. The molecule has 0 fully saturated rings. The van der Waals surface area contributed by atoms with Gasteiger partial charge < -0.3 is 9.05 Å². The van der Waals surface area contributed by atoms with E-state index in [2.05, 4.69) is 16.4 Å². The predicted octanol–water partition coefficient (Wildman–Crippen LogP) is 3.16. The molecule has 0 saturated carbocycles. The fraction of sp³-hybridized carbons (Fsp3) is 1.00. The molecular weight excluding hydrogens is 238 g/mol. The number of thiol groups is 1. The molecule has 0 spiro atoms. The minimum absolute atomic E-state index is 0.640. The van der Waals surface area contributed by atoms with Crippen LogP contribution in [-0.2, 0) is 24.3 Å². The van der Waals surface area contributed by atoms with Gasteiger partial charge >= 0.3 is 0 Å². The summed E-state index contributed by atoms with van der Waals surface area (Å²) in [6, 6.07) is 0. The molecule has 0 aromatic carbocycles. The standard InChI is InChI=1S/C8H22O3P2S/c1-4-7-8-14-13(11-12,9-5-2)10-6-3/h14H,4-8,12H2,1-3H3. The second kappa shape index (κ2) is 9.33. The van der Waals surface area contributed by atoms with Crippen LogP contribution < -0.4 is 0 Å². The monoisotopic (exact) mass is 260 g/mol. The molecule has 0 amide bonds. The summed E-state index contributed by atoms with van der Waals surface area (Å²) in [5.74, 6) is 1.08. The molecule has 0 aliphatic carbocycles. The van der Waals surface area contributed by atoms with E-state index in [1.807, 2.05) is 13.8 Å². The molecule has 0 bridgehead atoms. The van der Waals surface area contributed by atoms with Gasteiger partial charge in [0.05, 0.1) is 13.2 Å². The highest BCUT2D eigenvalue weighted by Crippen LogP contribution is 2.53. The van der Waals surface area contributed by atoms with Crippen molar-refractivity contribution >= 4 is 27.1 Å². The van der Waals surface area contributed by atoms with Crippen molar-refractivity contribution in [3.05, 3.63) is 0 Å². The van der Waals surface area contributed by atoms with E-state index in [1.54, 1.807) is 0 Å². The Morgan fingerprint density at radius 1 is 1.14 bits per heavy atom. The molecule has 0 aromatic heterocycles. The lowest BCUT2D eigenvalue weighted by Gasteiger charge is -2.22. The van der Waals surface area contributed by atoms with Crippen molar-refractivity contribution in [3.8, 4) is 0 Å². The van der Waals surface area contributed by atoms with E-state index < -0.39 is 6.72 Å². The first-order chi connectivity index (χ1) is 6.74. The summed E-state index contributed by atoms with van der Waals surface area (Å²) in [6.45, 7) is 5.32. The van der Waals surface area contributed by atoms with Gasteiger partial charge in [-0.3, -0.25) is 4.31 Å². The zero-order valence-corrected chi connectivity index (χ0v) is 12.2. The molecule has 14 heavy (non-hydrogen) atoms. The Bertz CT molecular complexity index is 177. The number of hydrogen-bond acceptors (Lipinski definition) is 3. The van der Waals surface area contributed by atoms with Crippen molar-refractivity contribution in [1.82, 2.24) is 0 Å². The number of unbranched alkanes of at least 4 members (excludes halogenated alkanes) is 1. The summed E-state index contributed by atoms with van der Waals surface area (Å²) < 4.78 is 16.5. The molecule has 1 unspecified atom stereocenters. The van der Waals surface area contributed by atoms with Crippen LogP contribution in [0.2, 0.25) is 0 Å². The molecule has 0 aliphatic rings. The highest BCUT2D eigenvalue weighted by Gasteiger charge is 2.17. The average Bonchev–Trinajstić information content (AvgIpc) is 2.19. The van der Waals surface area contributed by atoms with E-state index in [-0.39, 0.29) is 0 Å². The summed E-state index contributed by atoms with van der Waals surface area (Å²) >= 11 is 0. The first-order valence-corrected chi connectivity index (χ1v) is 8.80. The van der Waals surface area contributed by atoms with E-state index in [9.17, 15) is 0 Å². The van der Waals surface area contributed by atoms with Gasteiger partial charge in [0, 0.05) is 9.47 Å². The summed E-state index contributed by atoms with van der Waals surface area (Å²) in [4.78, 5) is 0. The Kier molecular flexibility index (Phi) is 10.1. The lowest BCUT2D eigenvalue weighted by molar-refractivity contribution is 0.225. The minimum atomic E-state index is -2.07. The van der Waals surface area contributed by atoms with Crippen LogP contribution >= 0.6 is 16.2 Å². The zero-order chi connectivity index (χ0) is 10.9. The van der Waals surface area contributed by atoms with Gasteiger partial charge in [0.15, 0.2) is 0 Å². The van der Waals surface area contributed by atoms with Crippen LogP contribution in [0.3, 0.4) is 0 Å². The normalized spacial score (nSPS) is 12.0. The van der Waals surface area contributed by atoms with Crippen molar-refractivity contribution in [2.75, 3.05) is 19.0 Å². The third-order valence-electron chi connectivity index (χ3n) is 1.50. The molecule has 1 atom stereocenters. The topological polar surface area (TPSA) is 27.7 Å². The predicted molar refractivity (Wildman–Crippen MR) is 69.5 cm³/mol. The minimum Gasteiger partial charge on any atom is -0.313 e. The molecule has 0 N–H and O–H groups in total. The van der Waals surface area contributed by atoms with Gasteiger partial charge in [-0.2, -0.15) is 0 Å². The van der Waals surface area contributed by atoms with Crippen LogP contribution in [-0.4, -0.2) is 19.0 Å². The van der Waals surface area contributed by atoms with Gasteiger partial charge in [0.25, 0.3) is 6.72 Å². The van der Waals surface area contributed by atoms with E-state index in [0.717, 1.165) is 16.7 Å². The molecule has 0 rings (SSSR count). The lowest BCUT2D eigenvalue weighted by Crippen LogP contribution is -1.98. The maximum absolute atomic E-state index is 5.60. The van der Waals surface area contributed by atoms with Gasteiger partial charge in [0.1, 0.15) is 0 Å². The van der Waals surface area contributed by atoms with Crippen molar-refractivity contribution in [2.45, 2.75) is 33.6 Å². The smallest absolute Gasteiger partial charge is 0.284 e. The average molecular weight is 260 g/mol. The first-order valence-electron chi connectivity index (χ1n) is 5.00. The Hall–Kier alpha value is 1.09. The molecule has 3 nitrogen and oxygen atoms in total. The van der Waals surface area contributed by atoms with Crippen molar-refractivity contribution in [3.63, 3.8) is 0 Å². The fourth-order valence-corrected chi connectivity index (χ4v) is 6.18. The Balaban J connectivity index is 4.37. The van der Waals surface area contributed by atoms with E-state index in [1.165, 1.54) is 12.8 Å². The largest absolute Gasteiger partial charge is 0.313 e. The van der Waals surface area contributed by atoms with Gasteiger partial charge in [-0.15, -0.1) is 10.9 Å².